The SMILES string of the molecule is O=CNCC1CCSCC1. The highest BCUT2D eigenvalue weighted by Gasteiger charge is 2.12. The lowest BCUT2D eigenvalue weighted by Crippen LogP contribution is -2.24. The van der Waals surface area contributed by atoms with Gasteiger partial charge in [0.15, 0.2) is 0 Å². The summed E-state index contributed by atoms with van der Waals surface area (Å²) >= 11 is 2.02. The van der Waals surface area contributed by atoms with Crippen LogP contribution in [0.1, 0.15) is 12.8 Å². The van der Waals surface area contributed by atoms with Gasteiger partial charge in [-0.15, -0.1) is 0 Å². The highest BCUT2D eigenvalue weighted by molar-refractivity contribution is 7.99. The molecule has 1 heterocycles. The van der Waals surface area contributed by atoms with E-state index in [1.165, 1.54) is 24.3 Å². The quantitative estimate of drug-likeness (QED) is 0.619. The molecule has 0 unspecified atom stereocenters. The zero-order chi connectivity index (χ0) is 7.23. The van der Waals surface area contributed by atoms with Crippen molar-refractivity contribution in [1.82, 2.24) is 5.32 Å². The van der Waals surface area contributed by atoms with Crippen LogP contribution in [0, 0.1) is 5.92 Å². The van der Waals surface area contributed by atoms with Gasteiger partial charge in [0.25, 0.3) is 0 Å². The van der Waals surface area contributed by atoms with Gasteiger partial charge in [-0.3, -0.25) is 4.79 Å². The maximum Gasteiger partial charge on any atom is 0.207 e. The summed E-state index contributed by atoms with van der Waals surface area (Å²) in [4.78, 5) is 9.93. The Bertz CT molecular complexity index is 102. The molecule has 1 fully saturated rings. The van der Waals surface area contributed by atoms with Gasteiger partial charge in [0.2, 0.25) is 6.41 Å². The third kappa shape index (κ3) is 2.60. The Balaban J connectivity index is 2.07. The van der Waals surface area contributed by atoms with Gasteiger partial charge < -0.3 is 5.32 Å². The van der Waals surface area contributed by atoms with E-state index in [2.05, 4.69) is 5.32 Å². The first-order chi connectivity index (χ1) is 4.93. The number of thioether (sulfide) groups is 1. The minimum Gasteiger partial charge on any atom is -0.358 e. The van der Waals surface area contributed by atoms with Crippen LogP contribution in [0.4, 0.5) is 0 Å². The van der Waals surface area contributed by atoms with E-state index in [1.54, 1.807) is 0 Å². The second-order valence-electron chi connectivity index (χ2n) is 2.58. The number of carbonyl (C=O) groups is 1. The van der Waals surface area contributed by atoms with E-state index in [9.17, 15) is 4.79 Å². The second-order valence-corrected chi connectivity index (χ2v) is 3.81. The first kappa shape index (κ1) is 7.92. The molecule has 2 nitrogen and oxygen atoms in total. The first-order valence-corrected chi connectivity index (χ1v) is 4.83. The molecule has 0 saturated carbocycles. The van der Waals surface area contributed by atoms with E-state index < -0.39 is 0 Å². The van der Waals surface area contributed by atoms with Crippen molar-refractivity contribution in [2.45, 2.75) is 12.8 Å². The highest BCUT2D eigenvalue weighted by atomic mass is 32.2. The van der Waals surface area contributed by atoms with Crippen molar-refractivity contribution in [3.8, 4) is 0 Å². The van der Waals surface area contributed by atoms with Gasteiger partial charge in [0.05, 0.1) is 0 Å². The fraction of sp³-hybridized carbons (Fsp3) is 0.857. The molecule has 1 aliphatic rings. The molecule has 0 atom stereocenters. The van der Waals surface area contributed by atoms with Crippen LogP contribution in [0.5, 0.6) is 0 Å². The average Bonchev–Trinajstić information content (AvgIpc) is 2.03. The molecule has 3 heteroatoms. The minimum atomic E-state index is 0.742. The van der Waals surface area contributed by atoms with Crippen LogP contribution in [0.15, 0.2) is 0 Å². The third-order valence-electron chi connectivity index (χ3n) is 1.83. The van der Waals surface area contributed by atoms with Gasteiger partial charge >= 0.3 is 0 Å². The summed E-state index contributed by atoms with van der Waals surface area (Å²) < 4.78 is 0. The van der Waals surface area contributed by atoms with Crippen LogP contribution in [0.3, 0.4) is 0 Å². The Morgan fingerprint density at radius 3 is 2.80 bits per heavy atom. The molecule has 0 spiro atoms. The molecule has 1 N–H and O–H groups in total. The van der Waals surface area contributed by atoms with Crippen molar-refractivity contribution < 1.29 is 4.79 Å². The van der Waals surface area contributed by atoms with Crippen LogP contribution in [0.25, 0.3) is 0 Å². The van der Waals surface area contributed by atoms with Crippen molar-refractivity contribution in [3.63, 3.8) is 0 Å². The van der Waals surface area contributed by atoms with Crippen LogP contribution >= 0.6 is 11.8 Å². The Kier molecular flexibility index (Phi) is 3.65. The van der Waals surface area contributed by atoms with Crippen molar-refractivity contribution in [1.29, 1.82) is 0 Å². The fourth-order valence-corrected chi connectivity index (χ4v) is 2.37. The summed E-state index contributed by atoms with van der Waals surface area (Å²) in [5, 5.41) is 2.73. The van der Waals surface area contributed by atoms with Crippen molar-refractivity contribution in [2.75, 3.05) is 18.1 Å². The molecule has 0 bridgehead atoms. The van der Waals surface area contributed by atoms with E-state index in [-0.39, 0.29) is 0 Å². The summed E-state index contributed by atoms with van der Waals surface area (Å²) in [5.41, 5.74) is 0. The number of hydrogen-bond donors (Lipinski definition) is 1. The summed E-state index contributed by atoms with van der Waals surface area (Å²) in [6.45, 7) is 0.879. The largest absolute Gasteiger partial charge is 0.358 e. The van der Waals surface area contributed by atoms with Crippen molar-refractivity contribution in [2.24, 2.45) is 5.92 Å². The monoisotopic (exact) mass is 159 g/mol. The van der Waals surface area contributed by atoms with Gasteiger partial charge in [-0.2, -0.15) is 11.8 Å². The second kappa shape index (κ2) is 4.61. The van der Waals surface area contributed by atoms with Crippen LogP contribution in [-0.2, 0) is 4.79 Å². The van der Waals surface area contributed by atoms with Gasteiger partial charge in [0.1, 0.15) is 0 Å². The molecular formula is C7H13NOS. The van der Waals surface area contributed by atoms with Gasteiger partial charge in [-0.05, 0) is 30.3 Å². The van der Waals surface area contributed by atoms with Gasteiger partial charge in [0, 0.05) is 6.54 Å². The summed E-state index contributed by atoms with van der Waals surface area (Å²) in [6.07, 6.45) is 3.33. The van der Waals surface area contributed by atoms with Crippen molar-refractivity contribution in [3.05, 3.63) is 0 Å². The first-order valence-electron chi connectivity index (χ1n) is 3.68. The fourth-order valence-electron chi connectivity index (χ4n) is 1.17. The zero-order valence-corrected chi connectivity index (χ0v) is 6.82. The molecule has 0 radical (unpaired) electrons. The van der Waals surface area contributed by atoms with Gasteiger partial charge in [-0.1, -0.05) is 0 Å². The minimum absolute atomic E-state index is 0.742. The lowest BCUT2D eigenvalue weighted by Gasteiger charge is -2.20. The average molecular weight is 159 g/mol. The topological polar surface area (TPSA) is 29.1 Å². The predicted octanol–water partition coefficient (Wildman–Crippen LogP) is 0.876. The number of nitrogens with one attached hydrogen (secondary N) is 1. The van der Waals surface area contributed by atoms with Crippen LogP contribution < -0.4 is 5.32 Å². The molecule has 0 aromatic carbocycles. The number of carbonyl (C=O) groups excluding carboxylic acids is 1. The molecule has 1 saturated heterocycles. The van der Waals surface area contributed by atoms with Crippen LogP contribution in [-0.4, -0.2) is 24.5 Å². The summed E-state index contributed by atoms with van der Waals surface area (Å²) in [5.74, 6) is 3.28. The third-order valence-corrected chi connectivity index (χ3v) is 2.88. The molecule has 0 aliphatic carbocycles. The number of hydrogen-bond acceptors (Lipinski definition) is 2. The van der Waals surface area contributed by atoms with E-state index in [0.717, 1.165) is 18.9 Å². The maximum atomic E-state index is 9.93. The molecule has 0 aromatic heterocycles. The highest BCUT2D eigenvalue weighted by Crippen LogP contribution is 2.21. The summed E-state index contributed by atoms with van der Waals surface area (Å²) in [6, 6.07) is 0. The normalized spacial score (nSPS) is 20.4. The Hall–Kier alpha value is -0.180. The number of rotatable bonds is 3. The van der Waals surface area contributed by atoms with E-state index in [4.69, 9.17) is 0 Å². The molecule has 1 aliphatic heterocycles. The van der Waals surface area contributed by atoms with Crippen molar-refractivity contribution >= 4 is 18.2 Å². The smallest absolute Gasteiger partial charge is 0.207 e. The van der Waals surface area contributed by atoms with E-state index in [0.29, 0.717) is 0 Å². The standard InChI is InChI=1S/C7H13NOS/c9-6-8-5-7-1-3-10-4-2-7/h6-7H,1-5H2,(H,8,9). The number of amides is 1. The Morgan fingerprint density at radius 2 is 2.20 bits per heavy atom. The molecule has 1 rings (SSSR count). The van der Waals surface area contributed by atoms with E-state index in [1.807, 2.05) is 11.8 Å². The molecule has 1 amide bonds. The Morgan fingerprint density at radius 1 is 1.50 bits per heavy atom. The molecular weight excluding hydrogens is 146 g/mol. The van der Waals surface area contributed by atoms with Gasteiger partial charge in [-0.25, -0.2) is 0 Å². The zero-order valence-electron chi connectivity index (χ0n) is 6.01. The van der Waals surface area contributed by atoms with Crippen LogP contribution in [0.2, 0.25) is 0 Å². The van der Waals surface area contributed by atoms with E-state index >= 15 is 0 Å². The molecule has 0 aromatic rings. The predicted molar refractivity (Wildman–Crippen MR) is 44.1 cm³/mol. The Labute approximate surface area is 65.8 Å². The summed E-state index contributed by atoms with van der Waals surface area (Å²) in [7, 11) is 0. The maximum absolute atomic E-state index is 9.93. The molecule has 10 heavy (non-hydrogen) atoms. The lowest BCUT2D eigenvalue weighted by molar-refractivity contribution is -0.109. The molecule has 58 valence electrons. The lowest BCUT2D eigenvalue weighted by atomic mass is 10.0.